The van der Waals surface area contributed by atoms with Crippen molar-refractivity contribution in [1.29, 1.82) is 0 Å². The van der Waals surface area contributed by atoms with E-state index in [0.29, 0.717) is 18.1 Å². The van der Waals surface area contributed by atoms with E-state index in [1.807, 2.05) is 6.07 Å². The summed E-state index contributed by atoms with van der Waals surface area (Å²) < 4.78 is 19.2. The van der Waals surface area contributed by atoms with Crippen LogP contribution in [0.15, 0.2) is 24.3 Å². The predicted octanol–water partition coefficient (Wildman–Crippen LogP) is 3.22. The number of halogens is 1. The molecule has 1 aromatic rings. The van der Waals surface area contributed by atoms with E-state index in [-0.39, 0.29) is 5.82 Å². The van der Waals surface area contributed by atoms with Crippen LogP contribution < -0.4 is 0 Å². The fraction of sp³-hybridized carbons (Fsp3) is 0.625. The third-order valence-corrected chi connectivity index (χ3v) is 4.76. The van der Waals surface area contributed by atoms with Crippen LogP contribution in [-0.4, -0.2) is 30.6 Å². The van der Waals surface area contributed by atoms with Crippen LogP contribution in [0.3, 0.4) is 0 Å². The lowest BCUT2D eigenvalue weighted by atomic mass is 9.92. The average Bonchev–Trinajstić information content (AvgIpc) is 2.64. The first-order chi connectivity index (χ1) is 9.24. The summed E-state index contributed by atoms with van der Waals surface area (Å²) in [6.45, 7) is 1.17. The van der Waals surface area contributed by atoms with E-state index in [1.165, 1.54) is 31.7 Å². The van der Waals surface area contributed by atoms with Gasteiger partial charge in [0.05, 0.1) is 6.61 Å². The normalized spacial score (nSPS) is 30.7. The Morgan fingerprint density at radius 1 is 1.21 bits per heavy atom. The van der Waals surface area contributed by atoms with E-state index in [2.05, 4.69) is 11.9 Å². The molecule has 0 saturated carbocycles. The van der Waals surface area contributed by atoms with Gasteiger partial charge in [-0.2, -0.15) is 0 Å². The molecule has 1 aromatic carbocycles. The van der Waals surface area contributed by atoms with Gasteiger partial charge in [-0.25, -0.2) is 4.39 Å². The number of fused-ring (bicyclic) bond motifs is 2. The average molecular weight is 263 g/mol. The fourth-order valence-corrected chi connectivity index (χ4v) is 3.61. The maximum Gasteiger partial charge on any atom is 0.128 e. The minimum atomic E-state index is -0.161. The smallest absolute Gasteiger partial charge is 0.128 e. The number of ether oxygens (including phenoxy) is 1. The molecule has 2 aliphatic heterocycles. The van der Waals surface area contributed by atoms with Crippen LogP contribution in [0.5, 0.6) is 0 Å². The Labute approximate surface area is 114 Å². The molecule has 2 fully saturated rings. The third-order valence-electron chi connectivity index (χ3n) is 4.76. The van der Waals surface area contributed by atoms with Crippen LogP contribution in [0.2, 0.25) is 0 Å². The van der Waals surface area contributed by atoms with Crippen molar-refractivity contribution in [3.05, 3.63) is 35.6 Å². The Kier molecular flexibility index (Phi) is 3.85. The Hall–Kier alpha value is -0.930. The van der Waals surface area contributed by atoms with Crippen LogP contribution in [0.4, 0.5) is 4.39 Å². The molecule has 2 aliphatic rings. The van der Waals surface area contributed by atoms with Crippen LogP contribution >= 0.6 is 0 Å². The summed E-state index contributed by atoms with van der Waals surface area (Å²) in [5, 5.41) is 0. The number of hydrogen-bond acceptors (Lipinski definition) is 2. The van der Waals surface area contributed by atoms with Gasteiger partial charge in [-0.05, 0) is 44.7 Å². The zero-order valence-electron chi connectivity index (χ0n) is 11.5. The van der Waals surface area contributed by atoms with E-state index in [1.54, 1.807) is 12.1 Å². The van der Waals surface area contributed by atoms with Crippen LogP contribution in [0.25, 0.3) is 0 Å². The van der Waals surface area contributed by atoms with Gasteiger partial charge in [0.1, 0.15) is 5.82 Å². The second kappa shape index (κ2) is 5.59. The van der Waals surface area contributed by atoms with Crippen molar-refractivity contribution in [2.45, 2.75) is 44.4 Å². The Morgan fingerprint density at radius 3 is 2.58 bits per heavy atom. The number of rotatable bonds is 4. The maximum absolute atomic E-state index is 13.5. The molecule has 2 heterocycles. The molecule has 2 unspecified atom stereocenters. The molecule has 2 nitrogen and oxygen atoms in total. The van der Waals surface area contributed by atoms with Crippen molar-refractivity contribution in [2.24, 2.45) is 5.92 Å². The summed E-state index contributed by atoms with van der Waals surface area (Å²) in [4.78, 5) is 2.54. The number of piperidine rings is 1. The van der Waals surface area contributed by atoms with Gasteiger partial charge in [-0.15, -0.1) is 0 Å². The molecule has 0 N–H and O–H groups in total. The molecular weight excluding hydrogens is 241 g/mol. The lowest BCUT2D eigenvalue weighted by molar-refractivity contribution is 0.0396. The standard InChI is InChI=1S/C16H22FNO/c1-18-14-6-7-15(18)9-12(8-14)10-19-11-13-4-2-3-5-16(13)17/h2-5,12,14-15H,6-11H2,1H3. The van der Waals surface area contributed by atoms with Gasteiger partial charge >= 0.3 is 0 Å². The van der Waals surface area contributed by atoms with Crippen LogP contribution in [-0.2, 0) is 11.3 Å². The first kappa shape index (κ1) is 13.1. The van der Waals surface area contributed by atoms with E-state index < -0.39 is 0 Å². The molecular formula is C16H22FNO. The van der Waals surface area contributed by atoms with Crippen LogP contribution in [0.1, 0.15) is 31.2 Å². The van der Waals surface area contributed by atoms with Crippen molar-refractivity contribution in [3.63, 3.8) is 0 Å². The van der Waals surface area contributed by atoms with Crippen molar-refractivity contribution in [1.82, 2.24) is 4.90 Å². The van der Waals surface area contributed by atoms with Gasteiger partial charge in [-0.3, -0.25) is 0 Å². The zero-order chi connectivity index (χ0) is 13.2. The van der Waals surface area contributed by atoms with Gasteiger partial charge in [0.15, 0.2) is 0 Å². The minimum absolute atomic E-state index is 0.161. The van der Waals surface area contributed by atoms with Crippen molar-refractivity contribution in [3.8, 4) is 0 Å². The second-order valence-electron chi connectivity index (χ2n) is 5.99. The molecule has 0 radical (unpaired) electrons. The molecule has 0 spiro atoms. The lowest BCUT2D eigenvalue weighted by Gasteiger charge is -2.36. The van der Waals surface area contributed by atoms with E-state index in [9.17, 15) is 4.39 Å². The third kappa shape index (κ3) is 2.82. The zero-order valence-corrected chi connectivity index (χ0v) is 11.5. The topological polar surface area (TPSA) is 12.5 Å². The summed E-state index contributed by atoms with van der Waals surface area (Å²) >= 11 is 0. The van der Waals surface area contributed by atoms with Gasteiger partial charge in [0.2, 0.25) is 0 Å². The molecule has 104 valence electrons. The predicted molar refractivity (Wildman–Crippen MR) is 73.4 cm³/mol. The highest BCUT2D eigenvalue weighted by atomic mass is 19.1. The number of benzene rings is 1. The molecule has 0 amide bonds. The first-order valence-electron chi connectivity index (χ1n) is 7.27. The SMILES string of the molecule is CN1C2CCC1CC(COCc1ccccc1F)C2. The monoisotopic (exact) mass is 263 g/mol. The number of nitrogens with zero attached hydrogens (tertiary/aromatic N) is 1. The number of hydrogen-bond donors (Lipinski definition) is 0. The summed E-state index contributed by atoms with van der Waals surface area (Å²) in [5.74, 6) is 0.492. The van der Waals surface area contributed by atoms with Gasteiger partial charge in [-0.1, -0.05) is 18.2 Å². The van der Waals surface area contributed by atoms with E-state index in [0.717, 1.165) is 18.7 Å². The molecule has 0 aromatic heterocycles. The quantitative estimate of drug-likeness (QED) is 0.827. The highest BCUT2D eigenvalue weighted by Gasteiger charge is 2.38. The molecule has 3 heteroatoms. The Morgan fingerprint density at radius 2 is 1.89 bits per heavy atom. The molecule has 3 rings (SSSR count). The first-order valence-corrected chi connectivity index (χ1v) is 7.27. The highest BCUT2D eigenvalue weighted by molar-refractivity contribution is 5.16. The molecule has 19 heavy (non-hydrogen) atoms. The fourth-order valence-electron chi connectivity index (χ4n) is 3.61. The largest absolute Gasteiger partial charge is 0.376 e. The molecule has 0 aliphatic carbocycles. The van der Waals surface area contributed by atoms with Gasteiger partial charge in [0, 0.05) is 24.3 Å². The van der Waals surface area contributed by atoms with E-state index >= 15 is 0 Å². The van der Waals surface area contributed by atoms with Crippen molar-refractivity contribution < 1.29 is 9.13 Å². The van der Waals surface area contributed by atoms with Gasteiger partial charge in [0.25, 0.3) is 0 Å². The lowest BCUT2D eigenvalue weighted by Crippen LogP contribution is -2.41. The summed E-state index contributed by atoms with van der Waals surface area (Å²) in [6.07, 6.45) is 5.16. The second-order valence-corrected chi connectivity index (χ2v) is 5.99. The van der Waals surface area contributed by atoms with E-state index in [4.69, 9.17) is 4.74 Å². The summed E-state index contributed by atoms with van der Waals surface area (Å²) in [5.41, 5.74) is 0.665. The van der Waals surface area contributed by atoms with Gasteiger partial charge < -0.3 is 9.64 Å². The maximum atomic E-state index is 13.5. The van der Waals surface area contributed by atoms with Crippen molar-refractivity contribution >= 4 is 0 Å². The minimum Gasteiger partial charge on any atom is -0.376 e. The Bertz CT molecular complexity index is 423. The molecule has 2 atom stereocenters. The van der Waals surface area contributed by atoms with Crippen molar-refractivity contribution in [2.75, 3.05) is 13.7 Å². The molecule has 2 bridgehead atoms. The summed E-state index contributed by atoms with van der Waals surface area (Å²) in [6, 6.07) is 8.37. The Balaban J connectivity index is 1.48. The van der Waals surface area contributed by atoms with Crippen LogP contribution in [0, 0.1) is 11.7 Å². The highest BCUT2D eigenvalue weighted by Crippen LogP contribution is 2.37. The molecule has 2 saturated heterocycles. The summed E-state index contributed by atoms with van der Waals surface area (Å²) in [7, 11) is 2.25.